The lowest BCUT2D eigenvalue weighted by molar-refractivity contribution is 0.631. The maximum Gasteiger partial charge on any atom is 0.132 e. The van der Waals surface area contributed by atoms with Crippen LogP contribution < -0.4 is 5.73 Å². The van der Waals surface area contributed by atoms with Crippen LogP contribution in [-0.2, 0) is 0 Å². The molecule has 0 spiro atoms. The van der Waals surface area contributed by atoms with Gasteiger partial charge in [0.1, 0.15) is 11.6 Å². The molecule has 1 heterocycles. The average molecular weight is 317 g/mol. The van der Waals surface area contributed by atoms with E-state index >= 15 is 0 Å². The summed E-state index contributed by atoms with van der Waals surface area (Å²) in [5, 5.41) is 0.912. The first kappa shape index (κ1) is 12.1. The van der Waals surface area contributed by atoms with Crippen molar-refractivity contribution in [1.29, 1.82) is 0 Å². The summed E-state index contributed by atoms with van der Waals surface area (Å²) in [7, 11) is 0. The van der Waals surface area contributed by atoms with Gasteiger partial charge in [0, 0.05) is 21.0 Å². The third kappa shape index (κ3) is 2.08. The topological polar surface area (TPSA) is 38.9 Å². The number of nitrogen functional groups attached to an aromatic ring is 1. The first-order chi connectivity index (χ1) is 9.16. The van der Waals surface area contributed by atoms with Crippen molar-refractivity contribution < 1.29 is 4.39 Å². The molecule has 3 aromatic rings. The van der Waals surface area contributed by atoms with E-state index in [0.717, 1.165) is 15.4 Å². The number of hydrogen-bond donors (Lipinski definition) is 1. The molecule has 0 bridgehead atoms. The number of nitrogens with zero attached hydrogens (tertiary/aromatic N) is 1. The lowest BCUT2D eigenvalue weighted by atomic mass is 10.0. The number of fused-ring (bicyclic) bond motifs is 1. The molecule has 2 nitrogen and oxygen atoms in total. The molecule has 2 N–H and O–H groups in total. The lowest BCUT2D eigenvalue weighted by Gasteiger charge is -2.09. The number of rotatable bonds is 1. The van der Waals surface area contributed by atoms with Crippen LogP contribution in [0.5, 0.6) is 0 Å². The number of hydrogen-bond acceptors (Lipinski definition) is 2. The molecule has 0 unspecified atom stereocenters. The summed E-state index contributed by atoms with van der Waals surface area (Å²) in [5.41, 5.74) is 7.80. The molecule has 0 radical (unpaired) electrons. The first-order valence-electron chi connectivity index (χ1n) is 5.76. The van der Waals surface area contributed by atoms with Gasteiger partial charge in [0.05, 0.1) is 5.52 Å². The third-order valence-electron chi connectivity index (χ3n) is 3.00. The Kier molecular flexibility index (Phi) is 2.95. The summed E-state index contributed by atoms with van der Waals surface area (Å²) in [6, 6.07) is 14.1. The zero-order valence-corrected chi connectivity index (χ0v) is 11.5. The van der Waals surface area contributed by atoms with E-state index in [1.165, 1.54) is 6.07 Å². The number of benzene rings is 2. The van der Waals surface area contributed by atoms with Crippen molar-refractivity contribution in [2.75, 3.05) is 5.73 Å². The molecule has 94 valence electrons. The SMILES string of the molecule is Nc1nc2cccc(Br)c2cc1-c1ccccc1F. The smallest absolute Gasteiger partial charge is 0.132 e. The van der Waals surface area contributed by atoms with E-state index < -0.39 is 0 Å². The monoisotopic (exact) mass is 316 g/mol. The van der Waals surface area contributed by atoms with Crippen LogP contribution >= 0.6 is 15.9 Å². The van der Waals surface area contributed by atoms with Gasteiger partial charge in [-0.15, -0.1) is 0 Å². The predicted molar refractivity (Wildman–Crippen MR) is 79.2 cm³/mol. The largest absolute Gasteiger partial charge is 0.383 e. The Hall–Kier alpha value is -1.94. The fourth-order valence-electron chi connectivity index (χ4n) is 2.07. The molecule has 0 aliphatic heterocycles. The fourth-order valence-corrected chi connectivity index (χ4v) is 2.54. The molecule has 3 rings (SSSR count). The molecular weight excluding hydrogens is 307 g/mol. The van der Waals surface area contributed by atoms with Crippen molar-refractivity contribution in [1.82, 2.24) is 4.98 Å². The minimum Gasteiger partial charge on any atom is -0.383 e. The first-order valence-corrected chi connectivity index (χ1v) is 6.56. The summed E-state index contributed by atoms with van der Waals surface area (Å²) in [4.78, 5) is 4.34. The van der Waals surface area contributed by atoms with Crippen molar-refractivity contribution in [3.8, 4) is 11.1 Å². The number of anilines is 1. The van der Waals surface area contributed by atoms with E-state index in [4.69, 9.17) is 5.73 Å². The summed E-state index contributed by atoms with van der Waals surface area (Å²) in [6.45, 7) is 0. The van der Waals surface area contributed by atoms with Crippen LogP contribution in [0.1, 0.15) is 0 Å². The van der Waals surface area contributed by atoms with Crippen molar-refractivity contribution in [2.45, 2.75) is 0 Å². The summed E-state index contributed by atoms with van der Waals surface area (Å²) < 4.78 is 14.8. The van der Waals surface area contributed by atoms with Gasteiger partial charge in [-0.05, 0) is 24.3 Å². The van der Waals surface area contributed by atoms with Gasteiger partial charge in [-0.1, -0.05) is 40.2 Å². The third-order valence-corrected chi connectivity index (χ3v) is 3.69. The molecular formula is C15H10BrFN2. The van der Waals surface area contributed by atoms with E-state index in [-0.39, 0.29) is 5.82 Å². The Morgan fingerprint density at radius 1 is 1.00 bits per heavy atom. The van der Waals surface area contributed by atoms with Crippen molar-refractivity contribution >= 4 is 32.7 Å². The maximum atomic E-state index is 13.9. The van der Waals surface area contributed by atoms with Crippen molar-refractivity contribution in [2.24, 2.45) is 0 Å². The van der Waals surface area contributed by atoms with Gasteiger partial charge in [-0.3, -0.25) is 0 Å². The van der Waals surface area contributed by atoms with Crippen molar-refractivity contribution in [3.05, 3.63) is 58.8 Å². The molecule has 0 atom stereocenters. The second kappa shape index (κ2) is 4.63. The van der Waals surface area contributed by atoms with Crippen LogP contribution in [0.2, 0.25) is 0 Å². The minimum atomic E-state index is -0.303. The summed E-state index contributed by atoms with van der Waals surface area (Å²) in [6.07, 6.45) is 0. The van der Waals surface area contributed by atoms with Gasteiger partial charge in [0.2, 0.25) is 0 Å². The summed E-state index contributed by atoms with van der Waals surface area (Å²) >= 11 is 3.47. The standard InChI is InChI=1S/C15H10BrFN2/c16-12-5-3-7-14-11(12)8-10(15(18)19-14)9-4-1-2-6-13(9)17/h1-8H,(H2,18,19). The molecule has 0 aliphatic carbocycles. The van der Waals surface area contributed by atoms with E-state index in [1.54, 1.807) is 18.2 Å². The summed E-state index contributed by atoms with van der Waals surface area (Å²) in [5.74, 6) is 0.0260. The van der Waals surface area contributed by atoms with Gasteiger partial charge in [-0.25, -0.2) is 9.37 Å². The highest BCUT2D eigenvalue weighted by atomic mass is 79.9. The van der Waals surface area contributed by atoms with Gasteiger partial charge in [0.25, 0.3) is 0 Å². The maximum absolute atomic E-state index is 13.9. The normalized spacial score (nSPS) is 10.8. The number of pyridine rings is 1. The van der Waals surface area contributed by atoms with Gasteiger partial charge >= 0.3 is 0 Å². The Labute approximate surface area is 118 Å². The van der Waals surface area contributed by atoms with Crippen LogP contribution in [-0.4, -0.2) is 4.98 Å². The minimum absolute atomic E-state index is 0.303. The number of halogens is 2. The molecule has 0 aliphatic rings. The Morgan fingerprint density at radius 3 is 2.58 bits per heavy atom. The Balaban J connectivity index is 2.33. The fraction of sp³-hybridized carbons (Fsp3) is 0. The molecule has 19 heavy (non-hydrogen) atoms. The van der Waals surface area contributed by atoms with E-state index in [9.17, 15) is 4.39 Å². The zero-order valence-electron chi connectivity index (χ0n) is 9.90. The number of nitrogens with two attached hydrogens (primary N) is 1. The van der Waals surface area contributed by atoms with E-state index in [1.807, 2.05) is 24.3 Å². The second-order valence-corrected chi connectivity index (χ2v) is 5.06. The highest BCUT2D eigenvalue weighted by molar-refractivity contribution is 9.10. The van der Waals surface area contributed by atoms with Gasteiger partial charge < -0.3 is 5.73 Å². The zero-order chi connectivity index (χ0) is 13.4. The van der Waals surface area contributed by atoms with Crippen LogP contribution in [0.15, 0.2) is 53.0 Å². The van der Waals surface area contributed by atoms with E-state index in [2.05, 4.69) is 20.9 Å². The van der Waals surface area contributed by atoms with Crippen LogP contribution in [0.4, 0.5) is 10.2 Å². The highest BCUT2D eigenvalue weighted by Gasteiger charge is 2.11. The van der Waals surface area contributed by atoms with Crippen LogP contribution in [0, 0.1) is 5.82 Å². The van der Waals surface area contributed by atoms with Crippen LogP contribution in [0.25, 0.3) is 22.0 Å². The highest BCUT2D eigenvalue weighted by Crippen LogP contribution is 2.32. The molecule has 0 saturated heterocycles. The Bertz CT molecular complexity index is 771. The molecule has 0 saturated carbocycles. The number of aromatic nitrogens is 1. The van der Waals surface area contributed by atoms with Crippen molar-refractivity contribution in [3.63, 3.8) is 0 Å². The van der Waals surface area contributed by atoms with E-state index in [0.29, 0.717) is 16.9 Å². The molecule has 1 aromatic heterocycles. The Morgan fingerprint density at radius 2 is 1.79 bits per heavy atom. The molecule has 2 aromatic carbocycles. The predicted octanol–water partition coefficient (Wildman–Crippen LogP) is 4.39. The average Bonchev–Trinajstić information content (AvgIpc) is 2.39. The second-order valence-electron chi connectivity index (χ2n) is 4.21. The quantitative estimate of drug-likeness (QED) is 0.723. The lowest BCUT2D eigenvalue weighted by Crippen LogP contribution is -1.96. The van der Waals surface area contributed by atoms with Gasteiger partial charge in [0.15, 0.2) is 0 Å². The molecule has 0 fully saturated rings. The van der Waals surface area contributed by atoms with Gasteiger partial charge in [-0.2, -0.15) is 0 Å². The molecule has 0 amide bonds. The molecule has 4 heteroatoms. The van der Waals surface area contributed by atoms with Crippen LogP contribution in [0.3, 0.4) is 0 Å².